The van der Waals surface area contributed by atoms with Crippen molar-refractivity contribution in [1.82, 2.24) is 10.2 Å². The Balaban J connectivity index is 1.46. The minimum atomic E-state index is 0.00245. The van der Waals surface area contributed by atoms with Crippen molar-refractivity contribution in [3.8, 4) is 5.75 Å². The molecule has 3 rings (SSSR count). The molecule has 2 amide bonds. The molecule has 2 aromatic rings. The minimum Gasteiger partial charge on any atom is -0.497 e. The number of halogens is 1. The lowest BCUT2D eigenvalue weighted by Gasteiger charge is -2.32. The Labute approximate surface area is 164 Å². The van der Waals surface area contributed by atoms with Crippen molar-refractivity contribution >= 4 is 23.4 Å². The quantitative estimate of drug-likeness (QED) is 0.857. The molecule has 0 aliphatic carbocycles. The lowest BCUT2D eigenvalue weighted by molar-refractivity contribution is -0.121. The van der Waals surface area contributed by atoms with Gasteiger partial charge in [-0.25, -0.2) is 0 Å². The molecule has 0 radical (unpaired) electrons. The number of carbonyl (C=O) groups is 2. The monoisotopic (exact) mass is 386 g/mol. The van der Waals surface area contributed by atoms with Gasteiger partial charge in [0.05, 0.1) is 13.5 Å². The van der Waals surface area contributed by atoms with Gasteiger partial charge in [-0.05, 0) is 54.8 Å². The molecule has 0 bridgehead atoms. The van der Waals surface area contributed by atoms with Crippen LogP contribution in [-0.4, -0.2) is 43.0 Å². The van der Waals surface area contributed by atoms with Crippen molar-refractivity contribution in [2.24, 2.45) is 0 Å². The Morgan fingerprint density at radius 3 is 2.30 bits per heavy atom. The fourth-order valence-electron chi connectivity index (χ4n) is 3.21. The molecule has 0 unspecified atom stereocenters. The molecule has 1 aliphatic heterocycles. The zero-order valence-electron chi connectivity index (χ0n) is 15.3. The zero-order valence-corrected chi connectivity index (χ0v) is 16.0. The Morgan fingerprint density at radius 2 is 1.70 bits per heavy atom. The molecule has 27 heavy (non-hydrogen) atoms. The summed E-state index contributed by atoms with van der Waals surface area (Å²) in [5, 5.41) is 3.69. The van der Waals surface area contributed by atoms with E-state index in [2.05, 4.69) is 5.32 Å². The van der Waals surface area contributed by atoms with Crippen LogP contribution in [0.4, 0.5) is 0 Å². The number of hydrogen-bond donors (Lipinski definition) is 1. The molecule has 1 heterocycles. The largest absolute Gasteiger partial charge is 0.497 e. The maximum atomic E-state index is 12.5. The van der Waals surface area contributed by atoms with Gasteiger partial charge in [0.1, 0.15) is 5.75 Å². The summed E-state index contributed by atoms with van der Waals surface area (Å²) >= 11 is 5.87. The van der Waals surface area contributed by atoms with Crippen LogP contribution in [0.25, 0.3) is 0 Å². The second-order valence-electron chi connectivity index (χ2n) is 6.67. The second kappa shape index (κ2) is 8.91. The molecule has 1 fully saturated rings. The van der Waals surface area contributed by atoms with E-state index in [1.807, 2.05) is 29.2 Å². The molecule has 1 saturated heterocycles. The number of rotatable bonds is 5. The smallest absolute Gasteiger partial charge is 0.253 e. The van der Waals surface area contributed by atoms with Gasteiger partial charge in [-0.15, -0.1) is 0 Å². The van der Waals surface area contributed by atoms with Crippen LogP contribution in [0.2, 0.25) is 5.02 Å². The summed E-state index contributed by atoms with van der Waals surface area (Å²) in [5.41, 5.74) is 1.59. The number of methoxy groups -OCH3 is 1. The van der Waals surface area contributed by atoms with Crippen molar-refractivity contribution in [3.05, 3.63) is 64.7 Å². The predicted octanol–water partition coefficient (Wildman–Crippen LogP) is 3.31. The summed E-state index contributed by atoms with van der Waals surface area (Å²) in [5.74, 6) is 0.786. The van der Waals surface area contributed by atoms with Crippen LogP contribution < -0.4 is 10.1 Å². The third-order valence-electron chi connectivity index (χ3n) is 4.76. The summed E-state index contributed by atoms with van der Waals surface area (Å²) in [6.07, 6.45) is 1.86. The van der Waals surface area contributed by atoms with Gasteiger partial charge in [0, 0.05) is 29.7 Å². The average Bonchev–Trinajstić information content (AvgIpc) is 2.69. The van der Waals surface area contributed by atoms with Crippen LogP contribution >= 0.6 is 11.6 Å². The Morgan fingerprint density at radius 1 is 1.07 bits per heavy atom. The molecular weight excluding hydrogens is 364 g/mol. The number of nitrogens with zero attached hydrogens (tertiary/aromatic N) is 1. The molecule has 0 atom stereocenters. The predicted molar refractivity (Wildman–Crippen MR) is 105 cm³/mol. The van der Waals surface area contributed by atoms with Gasteiger partial charge >= 0.3 is 0 Å². The van der Waals surface area contributed by atoms with Gasteiger partial charge in [-0.3, -0.25) is 9.59 Å². The first kappa shape index (κ1) is 19.2. The van der Waals surface area contributed by atoms with E-state index < -0.39 is 0 Å². The molecule has 0 aromatic heterocycles. The van der Waals surface area contributed by atoms with Crippen molar-refractivity contribution in [3.63, 3.8) is 0 Å². The number of likely N-dealkylation sites (tertiary alicyclic amines) is 1. The van der Waals surface area contributed by atoms with E-state index in [0.29, 0.717) is 30.1 Å². The van der Waals surface area contributed by atoms with Gasteiger partial charge in [-0.1, -0.05) is 23.7 Å². The maximum absolute atomic E-state index is 12.5. The number of amides is 2. The van der Waals surface area contributed by atoms with Gasteiger partial charge in [-0.2, -0.15) is 0 Å². The van der Waals surface area contributed by atoms with Crippen LogP contribution in [0, 0.1) is 0 Å². The standard InChI is InChI=1S/C21H23ClN2O3/c1-27-19-8-2-15(3-9-19)14-20(25)23-18-10-12-24(13-11-18)21(26)16-4-6-17(22)7-5-16/h2-9,18H,10-14H2,1H3,(H,23,25). The third kappa shape index (κ3) is 5.23. The van der Waals surface area contributed by atoms with E-state index in [1.165, 1.54) is 0 Å². The molecule has 2 aromatic carbocycles. The molecule has 1 N–H and O–H groups in total. The number of ether oxygens (including phenoxy) is 1. The van der Waals surface area contributed by atoms with Crippen molar-refractivity contribution in [2.45, 2.75) is 25.3 Å². The van der Waals surface area contributed by atoms with Crippen LogP contribution in [0.1, 0.15) is 28.8 Å². The molecule has 0 spiro atoms. The van der Waals surface area contributed by atoms with Crippen molar-refractivity contribution < 1.29 is 14.3 Å². The van der Waals surface area contributed by atoms with Crippen LogP contribution in [0.3, 0.4) is 0 Å². The van der Waals surface area contributed by atoms with E-state index in [1.54, 1.807) is 31.4 Å². The third-order valence-corrected chi connectivity index (χ3v) is 5.01. The Hall–Kier alpha value is -2.53. The van der Waals surface area contributed by atoms with Gasteiger partial charge < -0.3 is 15.0 Å². The normalized spacial score (nSPS) is 14.7. The molecule has 1 aliphatic rings. The van der Waals surface area contributed by atoms with Crippen LogP contribution in [0.5, 0.6) is 5.75 Å². The fourth-order valence-corrected chi connectivity index (χ4v) is 3.34. The molecule has 142 valence electrons. The first-order chi connectivity index (χ1) is 13.0. The Bertz CT molecular complexity index is 782. The molecular formula is C21H23ClN2O3. The summed E-state index contributed by atoms with van der Waals surface area (Å²) in [6, 6.07) is 14.5. The highest BCUT2D eigenvalue weighted by Crippen LogP contribution is 2.17. The average molecular weight is 387 g/mol. The van der Waals surface area contributed by atoms with Crippen molar-refractivity contribution in [1.29, 1.82) is 0 Å². The Kier molecular flexibility index (Phi) is 6.35. The number of hydrogen-bond acceptors (Lipinski definition) is 3. The second-order valence-corrected chi connectivity index (χ2v) is 7.10. The lowest BCUT2D eigenvalue weighted by atomic mass is 10.0. The topological polar surface area (TPSA) is 58.6 Å². The number of piperidine rings is 1. The van der Waals surface area contributed by atoms with E-state index in [0.717, 1.165) is 24.2 Å². The number of nitrogens with one attached hydrogen (secondary N) is 1. The van der Waals surface area contributed by atoms with Crippen LogP contribution in [-0.2, 0) is 11.2 Å². The summed E-state index contributed by atoms with van der Waals surface area (Å²) in [6.45, 7) is 1.27. The van der Waals surface area contributed by atoms with E-state index >= 15 is 0 Å². The molecule has 5 nitrogen and oxygen atoms in total. The number of carbonyl (C=O) groups excluding carboxylic acids is 2. The van der Waals surface area contributed by atoms with Crippen molar-refractivity contribution in [2.75, 3.05) is 20.2 Å². The zero-order chi connectivity index (χ0) is 19.2. The molecule has 6 heteroatoms. The first-order valence-corrected chi connectivity index (χ1v) is 9.40. The summed E-state index contributed by atoms with van der Waals surface area (Å²) < 4.78 is 5.12. The van der Waals surface area contributed by atoms with Gasteiger partial charge in [0.15, 0.2) is 0 Å². The highest BCUT2D eigenvalue weighted by molar-refractivity contribution is 6.30. The van der Waals surface area contributed by atoms with E-state index in [9.17, 15) is 9.59 Å². The summed E-state index contributed by atoms with van der Waals surface area (Å²) in [4.78, 5) is 26.6. The lowest BCUT2D eigenvalue weighted by Crippen LogP contribution is -2.46. The van der Waals surface area contributed by atoms with Crippen LogP contribution in [0.15, 0.2) is 48.5 Å². The maximum Gasteiger partial charge on any atom is 0.253 e. The summed E-state index contributed by atoms with van der Waals surface area (Å²) in [7, 11) is 1.62. The highest BCUT2D eigenvalue weighted by Gasteiger charge is 2.24. The minimum absolute atomic E-state index is 0.00245. The first-order valence-electron chi connectivity index (χ1n) is 9.02. The van der Waals surface area contributed by atoms with E-state index in [-0.39, 0.29) is 17.9 Å². The SMILES string of the molecule is COc1ccc(CC(=O)NC2CCN(C(=O)c3ccc(Cl)cc3)CC2)cc1. The van der Waals surface area contributed by atoms with E-state index in [4.69, 9.17) is 16.3 Å². The van der Waals surface area contributed by atoms with Gasteiger partial charge in [0.25, 0.3) is 5.91 Å². The number of benzene rings is 2. The highest BCUT2D eigenvalue weighted by atomic mass is 35.5. The fraction of sp³-hybridized carbons (Fsp3) is 0.333. The molecule has 0 saturated carbocycles. The van der Waals surface area contributed by atoms with Gasteiger partial charge in [0.2, 0.25) is 5.91 Å².